The van der Waals surface area contributed by atoms with Crippen LogP contribution in [0.3, 0.4) is 0 Å². The molecule has 1 aliphatic rings. The summed E-state index contributed by atoms with van der Waals surface area (Å²) < 4.78 is 0. The zero-order valence-corrected chi connectivity index (χ0v) is 13.6. The number of likely N-dealkylation sites (N-methyl/N-ethyl adjacent to an activating group) is 1. The lowest BCUT2D eigenvalue weighted by Crippen LogP contribution is -2.54. The number of piperazine rings is 1. The summed E-state index contributed by atoms with van der Waals surface area (Å²) in [5, 5.41) is 12.6. The zero-order valence-electron chi connectivity index (χ0n) is 12.7. The van der Waals surface area contributed by atoms with Gasteiger partial charge < -0.3 is 10.2 Å². The van der Waals surface area contributed by atoms with Gasteiger partial charge in [-0.15, -0.1) is 11.3 Å². The maximum Gasteiger partial charge on any atom is 0.322 e. The molecule has 3 rings (SSSR count). The van der Waals surface area contributed by atoms with E-state index in [1.54, 1.807) is 12.4 Å². The quantitative estimate of drug-likeness (QED) is 0.908. The van der Waals surface area contributed by atoms with Crippen LogP contribution in [0.2, 0.25) is 0 Å². The lowest BCUT2D eigenvalue weighted by Gasteiger charge is -2.39. The molecule has 7 nitrogen and oxygen atoms in total. The average Bonchev–Trinajstić information content (AvgIpc) is 3.17. The number of aromatic amines is 1. The predicted molar refractivity (Wildman–Crippen MR) is 87.0 cm³/mol. The van der Waals surface area contributed by atoms with Crippen LogP contribution in [0.5, 0.6) is 0 Å². The van der Waals surface area contributed by atoms with E-state index in [0.717, 1.165) is 36.9 Å². The van der Waals surface area contributed by atoms with Gasteiger partial charge in [-0.25, -0.2) is 9.78 Å². The first-order valence-electron chi connectivity index (χ1n) is 7.42. The standard InChI is InChI=1S/C14H20N6OS/c1-3-19-5-6-20(10(2)9-19)14(21)17-11-8-16-18-12(11)13-15-4-7-22-13/h4,7-8,10H,3,5-6,9H2,1-2H3,(H,16,18)(H,17,21). The normalized spacial score (nSPS) is 19.4. The van der Waals surface area contributed by atoms with Crippen molar-refractivity contribution in [2.45, 2.75) is 19.9 Å². The van der Waals surface area contributed by atoms with E-state index in [0.29, 0.717) is 5.69 Å². The van der Waals surface area contributed by atoms with E-state index < -0.39 is 0 Å². The Bertz CT molecular complexity index is 625. The number of nitrogens with zero attached hydrogens (tertiary/aromatic N) is 4. The van der Waals surface area contributed by atoms with Crippen LogP contribution in [-0.4, -0.2) is 63.2 Å². The number of H-pyrrole nitrogens is 1. The fourth-order valence-electron chi connectivity index (χ4n) is 2.70. The van der Waals surface area contributed by atoms with Crippen LogP contribution >= 0.6 is 11.3 Å². The molecule has 2 amide bonds. The Morgan fingerprint density at radius 3 is 3.09 bits per heavy atom. The molecule has 1 atom stereocenters. The molecule has 1 unspecified atom stereocenters. The molecule has 0 aliphatic carbocycles. The second-order valence-corrected chi connectivity index (χ2v) is 6.26. The van der Waals surface area contributed by atoms with Crippen LogP contribution in [0.4, 0.5) is 10.5 Å². The highest BCUT2D eigenvalue weighted by Gasteiger charge is 2.27. The molecular formula is C14H20N6OS. The summed E-state index contributed by atoms with van der Waals surface area (Å²) in [4.78, 5) is 21.0. The van der Waals surface area contributed by atoms with Crippen molar-refractivity contribution in [1.29, 1.82) is 0 Å². The smallest absolute Gasteiger partial charge is 0.319 e. The van der Waals surface area contributed by atoms with Gasteiger partial charge in [0.1, 0.15) is 10.7 Å². The third kappa shape index (κ3) is 2.97. The van der Waals surface area contributed by atoms with Crippen molar-refractivity contribution in [2.75, 3.05) is 31.5 Å². The van der Waals surface area contributed by atoms with E-state index in [4.69, 9.17) is 0 Å². The number of carbonyl (C=O) groups excluding carboxylic acids is 1. The van der Waals surface area contributed by atoms with Crippen molar-refractivity contribution in [2.24, 2.45) is 0 Å². The van der Waals surface area contributed by atoms with Gasteiger partial charge in [0.15, 0.2) is 0 Å². The molecule has 3 heterocycles. The molecule has 22 heavy (non-hydrogen) atoms. The molecule has 8 heteroatoms. The number of amides is 2. The maximum absolute atomic E-state index is 12.5. The summed E-state index contributed by atoms with van der Waals surface area (Å²) in [6.07, 6.45) is 3.36. The second-order valence-electron chi connectivity index (χ2n) is 5.36. The molecule has 118 valence electrons. The van der Waals surface area contributed by atoms with Crippen LogP contribution in [0, 0.1) is 0 Å². The van der Waals surface area contributed by atoms with Gasteiger partial charge in [0.05, 0.1) is 11.9 Å². The van der Waals surface area contributed by atoms with E-state index in [1.165, 1.54) is 11.3 Å². The fraction of sp³-hybridized carbons (Fsp3) is 0.500. The summed E-state index contributed by atoms with van der Waals surface area (Å²) in [5.41, 5.74) is 1.42. The summed E-state index contributed by atoms with van der Waals surface area (Å²) in [6, 6.07) is 0.117. The van der Waals surface area contributed by atoms with Gasteiger partial charge in [-0.05, 0) is 13.5 Å². The predicted octanol–water partition coefficient (Wildman–Crippen LogP) is 2.09. The molecule has 1 aliphatic heterocycles. The van der Waals surface area contributed by atoms with Crippen molar-refractivity contribution < 1.29 is 4.79 Å². The summed E-state index contributed by atoms with van der Waals surface area (Å²) in [7, 11) is 0. The number of aromatic nitrogens is 3. The van der Waals surface area contributed by atoms with Crippen LogP contribution in [0.1, 0.15) is 13.8 Å². The Morgan fingerprint density at radius 2 is 2.41 bits per heavy atom. The first kappa shape index (κ1) is 15.0. The van der Waals surface area contributed by atoms with Crippen LogP contribution in [0.25, 0.3) is 10.7 Å². The minimum Gasteiger partial charge on any atom is -0.319 e. The van der Waals surface area contributed by atoms with Gasteiger partial charge in [0, 0.05) is 37.3 Å². The van der Waals surface area contributed by atoms with Crippen LogP contribution in [0.15, 0.2) is 17.8 Å². The van der Waals surface area contributed by atoms with Gasteiger partial charge in [0.25, 0.3) is 0 Å². The fourth-order valence-corrected chi connectivity index (χ4v) is 3.35. The second kappa shape index (κ2) is 6.45. The first-order valence-corrected chi connectivity index (χ1v) is 8.30. The van der Waals surface area contributed by atoms with E-state index >= 15 is 0 Å². The SMILES string of the molecule is CCN1CCN(C(=O)Nc2cn[nH]c2-c2nccs2)C(C)C1. The Labute approximate surface area is 133 Å². The molecule has 2 N–H and O–H groups in total. The molecule has 0 radical (unpaired) electrons. The van der Waals surface area contributed by atoms with Crippen molar-refractivity contribution in [1.82, 2.24) is 25.0 Å². The number of hydrogen-bond acceptors (Lipinski definition) is 5. The molecule has 0 aromatic carbocycles. The van der Waals surface area contributed by atoms with E-state index in [2.05, 4.69) is 39.2 Å². The van der Waals surface area contributed by atoms with Crippen LogP contribution < -0.4 is 5.32 Å². The zero-order chi connectivity index (χ0) is 15.5. The van der Waals surface area contributed by atoms with E-state index in [-0.39, 0.29) is 12.1 Å². The highest BCUT2D eigenvalue weighted by molar-refractivity contribution is 7.13. The van der Waals surface area contributed by atoms with Gasteiger partial charge >= 0.3 is 6.03 Å². The lowest BCUT2D eigenvalue weighted by atomic mass is 10.2. The molecule has 0 saturated carbocycles. The van der Waals surface area contributed by atoms with Gasteiger partial charge in [-0.3, -0.25) is 10.00 Å². The summed E-state index contributed by atoms with van der Waals surface area (Å²) in [6.45, 7) is 7.82. The van der Waals surface area contributed by atoms with Crippen LogP contribution in [-0.2, 0) is 0 Å². The van der Waals surface area contributed by atoms with Crippen molar-refractivity contribution in [3.63, 3.8) is 0 Å². The first-order chi connectivity index (χ1) is 10.7. The Hall–Kier alpha value is -1.93. The monoisotopic (exact) mass is 320 g/mol. The molecular weight excluding hydrogens is 300 g/mol. The molecule has 2 aromatic rings. The average molecular weight is 320 g/mol. The molecule has 0 bridgehead atoms. The Morgan fingerprint density at radius 1 is 1.55 bits per heavy atom. The maximum atomic E-state index is 12.5. The number of carbonyl (C=O) groups is 1. The largest absolute Gasteiger partial charge is 0.322 e. The van der Waals surface area contributed by atoms with Gasteiger partial charge in [-0.1, -0.05) is 6.92 Å². The number of urea groups is 1. The molecule has 1 saturated heterocycles. The van der Waals surface area contributed by atoms with E-state index in [9.17, 15) is 4.79 Å². The highest BCUT2D eigenvalue weighted by atomic mass is 32.1. The van der Waals surface area contributed by atoms with Crippen molar-refractivity contribution in [3.8, 4) is 10.7 Å². The minimum absolute atomic E-state index is 0.0811. The molecule has 2 aromatic heterocycles. The number of hydrogen-bond donors (Lipinski definition) is 2. The van der Waals surface area contributed by atoms with Gasteiger partial charge in [0.2, 0.25) is 0 Å². The molecule has 1 fully saturated rings. The number of anilines is 1. The van der Waals surface area contributed by atoms with Gasteiger partial charge in [-0.2, -0.15) is 5.10 Å². The number of thiazole rings is 1. The lowest BCUT2D eigenvalue weighted by molar-refractivity contribution is 0.112. The third-order valence-electron chi connectivity index (χ3n) is 3.95. The highest BCUT2D eigenvalue weighted by Crippen LogP contribution is 2.27. The topological polar surface area (TPSA) is 77.1 Å². The third-order valence-corrected chi connectivity index (χ3v) is 4.74. The van der Waals surface area contributed by atoms with E-state index in [1.807, 2.05) is 10.3 Å². The summed E-state index contributed by atoms with van der Waals surface area (Å²) in [5.74, 6) is 0. The Balaban J connectivity index is 1.69. The summed E-state index contributed by atoms with van der Waals surface area (Å²) >= 11 is 1.51. The van der Waals surface area contributed by atoms with Crippen molar-refractivity contribution >= 4 is 23.1 Å². The Kier molecular flexibility index (Phi) is 4.39. The minimum atomic E-state index is -0.0811. The number of nitrogens with one attached hydrogen (secondary N) is 2. The molecule has 0 spiro atoms. The number of rotatable bonds is 3. The van der Waals surface area contributed by atoms with Crippen molar-refractivity contribution in [3.05, 3.63) is 17.8 Å².